The molecule has 1 fully saturated rings. The Bertz CT molecular complexity index is 626. The second-order valence-electron chi connectivity index (χ2n) is 5.50. The highest BCUT2D eigenvalue weighted by Gasteiger charge is 2.33. The van der Waals surface area contributed by atoms with Gasteiger partial charge in [-0.15, -0.1) is 0 Å². The molecule has 6 nitrogen and oxygen atoms in total. The molecule has 1 aromatic heterocycles. The van der Waals surface area contributed by atoms with Gasteiger partial charge < -0.3 is 14.7 Å². The summed E-state index contributed by atoms with van der Waals surface area (Å²) < 4.78 is 5.22. The van der Waals surface area contributed by atoms with Crippen LogP contribution in [0.3, 0.4) is 0 Å². The quantitative estimate of drug-likeness (QED) is 0.941. The van der Waals surface area contributed by atoms with Gasteiger partial charge in [0.2, 0.25) is 5.89 Å². The summed E-state index contributed by atoms with van der Waals surface area (Å²) in [6.07, 6.45) is 2.65. The maximum Gasteiger partial charge on any atom is 0.318 e. The molecule has 1 aliphatic rings. The lowest BCUT2D eigenvalue weighted by atomic mass is 10.1. The number of hydrogen-bond acceptors (Lipinski definition) is 4. The van der Waals surface area contributed by atoms with E-state index in [4.69, 9.17) is 4.52 Å². The Balaban J connectivity index is 1.55. The van der Waals surface area contributed by atoms with E-state index in [1.807, 2.05) is 18.2 Å². The summed E-state index contributed by atoms with van der Waals surface area (Å²) in [6, 6.07) is 9.96. The third-order valence-corrected chi connectivity index (χ3v) is 3.87. The van der Waals surface area contributed by atoms with E-state index in [-0.39, 0.29) is 12.1 Å². The molecule has 1 unspecified atom stereocenters. The monoisotopic (exact) mass is 300 g/mol. The fraction of sp³-hybridized carbons (Fsp3) is 0.438. The molecule has 2 heterocycles. The van der Waals surface area contributed by atoms with Crippen LogP contribution in [0.25, 0.3) is 0 Å². The summed E-state index contributed by atoms with van der Waals surface area (Å²) in [5, 5.41) is 6.79. The average Bonchev–Trinajstić information content (AvgIpc) is 3.16. The van der Waals surface area contributed by atoms with Crippen molar-refractivity contribution >= 4 is 6.03 Å². The number of urea groups is 1. The summed E-state index contributed by atoms with van der Waals surface area (Å²) in [7, 11) is 0. The molecule has 3 rings (SSSR count). The van der Waals surface area contributed by atoms with Crippen LogP contribution >= 0.6 is 0 Å². The number of likely N-dealkylation sites (tertiary alicyclic amines) is 1. The molecule has 0 spiro atoms. The van der Waals surface area contributed by atoms with E-state index in [1.165, 1.54) is 5.56 Å². The van der Waals surface area contributed by atoms with Crippen molar-refractivity contribution in [2.75, 3.05) is 13.1 Å². The molecule has 0 aliphatic carbocycles. The minimum atomic E-state index is -0.0991. The van der Waals surface area contributed by atoms with Gasteiger partial charge in [-0.25, -0.2) is 4.79 Å². The number of benzene rings is 1. The van der Waals surface area contributed by atoms with Crippen LogP contribution in [0, 0.1) is 6.92 Å². The molecule has 2 amide bonds. The molecule has 1 atom stereocenters. The summed E-state index contributed by atoms with van der Waals surface area (Å²) in [6.45, 7) is 3.13. The molecule has 1 aromatic carbocycles. The molecule has 2 aromatic rings. The molecule has 116 valence electrons. The van der Waals surface area contributed by atoms with Gasteiger partial charge in [0.1, 0.15) is 6.04 Å². The summed E-state index contributed by atoms with van der Waals surface area (Å²) in [5.41, 5.74) is 1.22. The third-order valence-electron chi connectivity index (χ3n) is 3.87. The van der Waals surface area contributed by atoms with Crippen molar-refractivity contribution < 1.29 is 9.32 Å². The van der Waals surface area contributed by atoms with Gasteiger partial charge in [-0.1, -0.05) is 35.5 Å². The largest absolute Gasteiger partial charge is 0.338 e. The Kier molecular flexibility index (Phi) is 4.37. The molecule has 0 saturated carbocycles. The molecule has 0 bridgehead atoms. The Hall–Kier alpha value is -2.37. The van der Waals surface area contributed by atoms with Gasteiger partial charge in [-0.05, 0) is 31.7 Å². The van der Waals surface area contributed by atoms with Gasteiger partial charge in [0, 0.05) is 13.1 Å². The van der Waals surface area contributed by atoms with Gasteiger partial charge in [-0.3, -0.25) is 0 Å². The summed E-state index contributed by atoms with van der Waals surface area (Å²) in [5.74, 6) is 1.14. The van der Waals surface area contributed by atoms with E-state index in [1.54, 1.807) is 11.8 Å². The Morgan fingerprint density at radius 1 is 1.41 bits per heavy atom. The van der Waals surface area contributed by atoms with Crippen molar-refractivity contribution in [3.63, 3.8) is 0 Å². The van der Waals surface area contributed by atoms with Gasteiger partial charge in [0.15, 0.2) is 5.82 Å². The highest BCUT2D eigenvalue weighted by molar-refractivity contribution is 5.74. The summed E-state index contributed by atoms with van der Waals surface area (Å²) in [4.78, 5) is 18.4. The predicted octanol–water partition coefficient (Wildman–Crippen LogP) is 2.47. The Morgan fingerprint density at radius 2 is 2.23 bits per heavy atom. The Morgan fingerprint density at radius 3 is 2.95 bits per heavy atom. The van der Waals surface area contributed by atoms with Crippen molar-refractivity contribution in [3.05, 3.63) is 47.6 Å². The molecule has 1 saturated heterocycles. The van der Waals surface area contributed by atoms with Crippen LogP contribution in [0.1, 0.15) is 36.2 Å². The number of aromatic nitrogens is 2. The van der Waals surface area contributed by atoms with E-state index < -0.39 is 0 Å². The first-order chi connectivity index (χ1) is 10.7. The number of carbonyl (C=O) groups is 1. The number of hydrogen-bond donors (Lipinski definition) is 1. The molecular weight excluding hydrogens is 280 g/mol. The normalized spacial score (nSPS) is 17.7. The second-order valence-corrected chi connectivity index (χ2v) is 5.50. The molecule has 1 aliphatic heterocycles. The van der Waals surface area contributed by atoms with Crippen LogP contribution in [-0.2, 0) is 6.42 Å². The highest BCUT2D eigenvalue weighted by Crippen LogP contribution is 2.30. The zero-order valence-corrected chi connectivity index (χ0v) is 12.7. The molecule has 22 heavy (non-hydrogen) atoms. The maximum atomic E-state index is 12.4. The average molecular weight is 300 g/mol. The number of nitrogens with zero attached hydrogens (tertiary/aromatic N) is 3. The SMILES string of the molecule is Cc1noc(C2CCCN2C(=O)NCCc2ccccc2)n1. The lowest BCUT2D eigenvalue weighted by molar-refractivity contribution is 0.180. The first kappa shape index (κ1) is 14.6. The van der Waals surface area contributed by atoms with E-state index in [0.29, 0.717) is 18.3 Å². The number of aryl methyl sites for hydroxylation is 1. The van der Waals surface area contributed by atoms with Gasteiger partial charge in [-0.2, -0.15) is 4.98 Å². The number of carbonyl (C=O) groups excluding carboxylic acids is 1. The van der Waals surface area contributed by atoms with E-state index >= 15 is 0 Å². The van der Waals surface area contributed by atoms with E-state index in [0.717, 1.165) is 25.8 Å². The fourth-order valence-corrected chi connectivity index (χ4v) is 2.77. The minimum absolute atomic E-state index is 0.0608. The Labute approximate surface area is 129 Å². The molecule has 1 N–H and O–H groups in total. The predicted molar refractivity (Wildman–Crippen MR) is 81.3 cm³/mol. The lowest BCUT2D eigenvalue weighted by Crippen LogP contribution is -2.40. The van der Waals surface area contributed by atoms with Crippen molar-refractivity contribution in [3.8, 4) is 0 Å². The van der Waals surface area contributed by atoms with Crippen molar-refractivity contribution in [1.82, 2.24) is 20.4 Å². The van der Waals surface area contributed by atoms with Crippen molar-refractivity contribution in [1.29, 1.82) is 0 Å². The van der Waals surface area contributed by atoms with Crippen LogP contribution in [0.2, 0.25) is 0 Å². The van der Waals surface area contributed by atoms with Crippen molar-refractivity contribution in [2.24, 2.45) is 0 Å². The second kappa shape index (κ2) is 6.60. The number of amides is 2. The number of nitrogens with one attached hydrogen (secondary N) is 1. The van der Waals surface area contributed by atoms with Crippen LogP contribution in [0.4, 0.5) is 4.79 Å². The van der Waals surface area contributed by atoms with Crippen LogP contribution < -0.4 is 5.32 Å². The van der Waals surface area contributed by atoms with Gasteiger partial charge in [0.25, 0.3) is 0 Å². The van der Waals surface area contributed by atoms with Crippen LogP contribution in [0.15, 0.2) is 34.9 Å². The van der Waals surface area contributed by atoms with Gasteiger partial charge >= 0.3 is 6.03 Å². The smallest absolute Gasteiger partial charge is 0.318 e. The molecule has 6 heteroatoms. The highest BCUT2D eigenvalue weighted by atomic mass is 16.5. The maximum absolute atomic E-state index is 12.4. The van der Waals surface area contributed by atoms with E-state index in [2.05, 4.69) is 27.6 Å². The minimum Gasteiger partial charge on any atom is -0.338 e. The zero-order valence-electron chi connectivity index (χ0n) is 12.7. The lowest BCUT2D eigenvalue weighted by Gasteiger charge is -2.22. The van der Waals surface area contributed by atoms with Crippen molar-refractivity contribution in [2.45, 2.75) is 32.2 Å². The molecular formula is C16H20N4O2. The zero-order chi connectivity index (χ0) is 15.4. The summed E-state index contributed by atoms with van der Waals surface area (Å²) >= 11 is 0. The topological polar surface area (TPSA) is 71.3 Å². The number of rotatable bonds is 4. The fourth-order valence-electron chi connectivity index (χ4n) is 2.77. The van der Waals surface area contributed by atoms with Crippen LogP contribution in [0.5, 0.6) is 0 Å². The first-order valence-corrected chi connectivity index (χ1v) is 7.62. The van der Waals surface area contributed by atoms with E-state index in [9.17, 15) is 4.79 Å². The third kappa shape index (κ3) is 3.27. The molecule has 0 radical (unpaired) electrons. The first-order valence-electron chi connectivity index (χ1n) is 7.62. The standard InChI is InChI=1S/C16H20N4O2/c1-12-18-15(22-19-12)14-8-5-11-20(14)16(21)17-10-9-13-6-3-2-4-7-13/h2-4,6-7,14H,5,8-11H2,1H3,(H,17,21). The van der Waals surface area contributed by atoms with Gasteiger partial charge in [0.05, 0.1) is 0 Å². The van der Waals surface area contributed by atoms with Crippen LogP contribution in [-0.4, -0.2) is 34.2 Å².